The molecule has 2 aromatic carbocycles. The van der Waals surface area contributed by atoms with Crippen molar-refractivity contribution < 1.29 is 0 Å². The molecule has 0 bridgehead atoms. The molecule has 0 atom stereocenters. The van der Waals surface area contributed by atoms with E-state index in [0.29, 0.717) is 5.71 Å². The molecule has 1 N–H and O–H groups in total. The Labute approximate surface area is 114 Å². The molecule has 1 nitrogen and oxygen atoms in total. The second-order valence-corrected chi connectivity index (χ2v) is 4.25. The van der Waals surface area contributed by atoms with E-state index in [9.17, 15) is 0 Å². The molecule has 0 unspecified atom stereocenters. The molecule has 0 heterocycles. The minimum atomic E-state index is 0.526. The van der Waals surface area contributed by atoms with Crippen molar-refractivity contribution in [1.29, 1.82) is 5.41 Å². The molecule has 19 heavy (non-hydrogen) atoms. The Balaban J connectivity index is 2.35. The molecular weight excluding hydrogens is 230 g/mol. The Morgan fingerprint density at radius 2 is 1.37 bits per heavy atom. The lowest BCUT2D eigenvalue weighted by atomic mass is 10.0. The average molecular weight is 247 g/mol. The highest BCUT2D eigenvalue weighted by atomic mass is 14.4. The topological polar surface area (TPSA) is 23.9 Å². The lowest BCUT2D eigenvalue weighted by Crippen LogP contribution is -1.95. The average Bonchev–Trinajstić information content (AvgIpc) is 2.48. The van der Waals surface area contributed by atoms with Gasteiger partial charge in [-0.3, -0.25) is 0 Å². The van der Waals surface area contributed by atoms with Crippen molar-refractivity contribution in [3.8, 4) is 0 Å². The Morgan fingerprint density at radius 1 is 0.842 bits per heavy atom. The molecule has 0 amide bonds. The number of allylic oxidation sites excluding steroid dienone is 4. The molecule has 94 valence electrons. The van der Waals surface area contributed by atoms with Crippen molar-refractivity contribution in [3.63, 3.8) is 0 Å². The molecule has 0 aliphatic carbocycles. The van der Waals surface area contributed by atoms with Crippen LogP contribution >= 0.6 is 0 Å². The number of hydrogen-bond donors (Lipinski definition) is 1. The smallest absolute Gasteiger partial charge is 0.0618 e. The maximum Gasteiger partial charge on any atom is 0.0618 e. The van der Waals surface area contributed by atoms with Gasteiger partial charge in [0.05, 0.1) is 5.71 Å². The van der Waals surface area contributed by atoms with E-state index in [1.54, 1.807) is 0 Å². The van der Waals surface area contributed by atoms with E-state index in [0.717, 1.165) is 16.7 Å². The lowest BCUT2D eigenvalue weighted by molar-refractivity contribution is 1.49. The summed E-state index contributed by atoms with van der Waals surface area (Å²) < 4.78 is 0. The van der Waals surface area contributed by atoms with Gasteiger partial charge in [-0.2, -0.15) is 0 Å². The highest BCUT2D eigenvalue weighted by Crippen LogP contribution is 2.17. The van der Waals surface area contributed by atoms with Crippen molar-refractivity contribution >= 4 is 11.3 Å². The zero-order valence-electron chi connectivity index (χ0n) is 11.0. The first kappa shape index (κ1) is 13.0. The van der Waals surface area contributed by atoms with Crippen LogP contribution < -0.4 is 0 Å². The summed E-state index contributed by atoms with van der Waals surface area (Å²) in [5, 5.41) is 8.18. The summed E-state index contributed by atoms with van der Waals surface area (Å²) >= 11 is 0. The van der Waals surface area contributed by atoms with Crippen molar-refractivity contribution in [3.05, 3.63) is 90.0 Å². The Hall–Kier alpha value is -2.41. The molecule has 0 aromatic heterocycles. The van der Waals surface area contributed by atoms with Gasteiger partial charge in [-0.15, -0.1) is 0 Å². The molecule has 0 fully saturated rings. The first-order valence-corrected chi connectivity index (χ1v) is 6.35. The van der Waals surface area contributed by atoms with Gasteiger partial charge in [0.1, 0.15) is 0 Å². The van der Waals surface area contributed by atoms with E-state index in [2.05, 4.69) is 12.1 Å². The maximum absolute atomic E-state index is 8.18. The van der Waals surface area contributed by atoms with Crippen LogP contribution in [0.5, 0.6) is 0 Å². The third-order valence-corrected chi connectivity index (χ3v) is 2.84. The molecule has 2 aromatic rings. The molecule has 2 rings (SSSR count). The van der Waals surface area contributed by atoms with Crippen LogP contribution in [-0.4, -0.2) is 5.71 Å². The summed E-state index contributed by atoms with van der Waals surface area (Å²) in [6.07, 6.45) is 5.94. The van der Waals surface area contributed by atoms with Crippen LogP contribution in [0.3, 0.4) is 0 Å². The molecule has 0 aliphatic heterocycles. The van der Waals surface area contributed by atoms with Gasteiger partial charge >= 0.3 is 0 Å². The van der Waals surface area contributed by atoms with Crippen molar-refractivity contribution in [2.75, 3.05) is 0 Å². The molecule has 0 aliphatic rings. The molecule has 0 radical (unpaired) electrons. The van der Waals surface area contributed by atoms with Gasteiger partial charge < -0.3 is 5.41 Å². The van der Waals surface area contributed by atoms with Gasteiger partial charge in [0.25, 0.3) is 0 Å². The van der Waals surface area contributed by atoms with Gasteiger partial charge in [0, 0.05) is 0 Å². The van der Waals surface area contributed by atoms with Gasteiger partial charge in [0.15, 0.2) is 0 Å². The first-order valence-electron chi connectivity index (χ1n) is 6.35. The zero-order valence-corrected chi connectivity index (χ0v) is 11.0. The fourth-order valence-electron chi connectivity index (χ4n) is 1.89. The van der Waals surface area contributed by atoms with E-state index in [1.165, 1.54) is 0 Å². The maximum atomic E-state index is 8.18. The predicted molar refractivity (Wildman–Crippen MR) is 82.5 cm³/mol. The van der Waals surface area contributed by atoms with Crippen LogP contribution in [0.15, 0.2) is 78.9 Å². The van der Waals surface area contributed by atoms with Crippen LogP contribution in [0.25, 0.3) is 5.57 Å². The second-order valence-electron chi connectivity index (χ2n) is 4.25. The number of hydrogen-bond acceptors (Lipinski definition) is 1. The second kappa shape index (κ2) is 6.50. The molecule has 0 spiro atoms. The van der Waals surface area contributed by atoms with Gasteiger partial charge in [0.2, 0.25) is 0 Å². The monoisotopic (exact) mass is 247 g/mol. The summed E-state index contributed by atoms with van der Waals surface area (Å²) in [6, 6.07) is 19.9. The standard InChI is InChI=1S/C18H17N/c1-2-9-17(15-10-5-3-6-11-15)14-18(19)16-12-7-4-8-13-16/h2-14,19H,1H3/b9-2-,17-14+,19-18?. The highest BCUT2D eigenvalue weighted by molar-refractivity contribution is 6.11. The number of nitrogens with one attached hydrogen (secondary N) is 1. The Morgan fingerprint density at radius 3 is 1.89 bits per heavy atom. The molecular formula is C18H17N. The normalized spacial score (nSPS) is 11.7. The number of rotatable bonds is 4. The molecule has 0 saturated heterocycles. The number of benzene rings is 2. The molecule has 1 heteroatoms. The van der Waals surface area contributed by atoms with Crippen LogP contribution in [-0.2, 0) is 0 Å². The van der Waals surface area contributed by atoms with Crippen molar-refractivity contribution in [2.24, 2.45) is 0 Å². The summed E-state index contributed by atoms with van der Waals surface area (Å²) in [6.45, 7) is 1.99. The largest absolute Gasteiger partial charge is 0.300 e. The Kier molecular flexibility index (Phi) is 4.46. The van der Waals surface area contributed by atoms with Crippen molar-refractivity contribution in [2.45, 2.75) is 6.92 Å². The van der Waals surface area contributed by atoms with Crippen molar-refractivity contribution in [1.82, 2.24) is 0 Å². The third-order valence-electron chi connectivity index (χ3n) is 2.84. The van der Waals surface area contributed by atoms with Crippen LogP contribution in [0, 0.1) is 5.41 Å². The summed E-state index contributed by atoms with van der Waals surface area (Å²) in [5.74, 6) is 0. The lowest BCUT2D eigenvalue weighted by Gasteiger charge is -2.04. The van der Waals surface area contributed by atoms with Crippen LogP contribution in [0.2, 0.25) is 0 Å². The zero-order chi connectivity index (χ0) is 13.5. The minimum absolute atomic E-state index is 0.526. The van der Waals surface area contributed by atoms with Crippen LogP contribution in [0.4, 0.5) is 0 Å². The van der Waals surface area contributed by atoms with E-state index in [4.69, 9.17) is 5.41 Å². The Bertz CT molecular complexity index is 592. The van der Waals surface area contributed by atoms with E-state index in [-0.39, 0.29) is 0 Å². The van der Waals surface area contributed by atoms with Gasteiger partial charge in [-0.05, 0) is 29.7 Å². The highest BCUT2D eigenvalue weighted by Gasteiger charge is 2.01. The fraction of sp³-hybridized carbons (Fsp3) is 0.0556. The summed E-state index contributed by atoms with van der Waals surface area (Å²) in [7, 11) is 0. The first-order chi connectivity index (χ1) is 9.31. The summed E-state index contributed by atoms with van der Waals surface area (Å²) in [4.78, 5) is 0. The minimum Gasteiger partial charge on any atom is -0.300 e. The summed E-state index contributed by atoms with van der Waals surface area (Å²) in [5.41, 5.74) is 3.64. The molecule has 0 saturated carbocycles. The van der Waals surface area contributed by atoms with Gasteiger partial charge in [-0.25, -0.2) is 0 Å². The third kappa shape index (κ3) is 3.52. The van der Waals surface area contributed by atoms with Crippen LogP contribution in [0.1, 0.15) is 18.1 Å². The SMILES string of the molecule is C/C=C\C(=C/C(=N)c1ccccc1)c1ccccc1. The van der Waals surface area contributed by atoms with E-state index < -0.39 is 0 Å². The fourth-order valence-corrected chi connectivity index (χ4v) is 1.89. The van der Waals surface area contributed by atoms with E-state index in [1.807, 2.05) is 73.7 Å². The predicted octanol–water partition coefficient (Wildman–Crippen LogP) is 4.71. The van der Waals surface area contributed by atoms with E-state index >= 15 is 0 Å². The van der Waals surface area contributed by atoms with Gasteiger partial charge in [-0.1, -0.05) is 72.8 Å². The quantitative estimate of drug-likeness (QED) is 0.597.